The Labute approximate surface area is 172 Å². The topological polar surface area (TPSA) is 77.4 Å². The van der Waals surface area contributed by atoms with Crippen molar-refractivity contribution in [3.8, 4) is 0 Å². The molecule has 0 aromatic carbocycles. The fourth-order valence-corrected chi connectivity index (χ4v) is 3.70. The Morgan fingerprint density at radius 2 is 1.00 bits per heavy atom. The zero-order valence-electron chi connectivity index (χ0n) is 16.2. The van der Waals surface area contributed by atoms with Gasteiger partial charge in [0.25, 0.3) is 0 Å². The van der Waals surface area contributed by atoms with E-state index in [4.69, 9.17) is 0 Å². The van der Waals surface area contributed by atoms with Gasteiger partial charge in [0.1, 0.15) is 10.1 Å². The molecule has 0 aromatic rings. The Kier molecular flexibility index (Phi) is 18.1. The minimum atomic E-state index is -4.65. The maximum Gasteiger partial charge on any atom is 1.00 e. The van der Waals surface area contributed by atoms with E-state index < -0.39 is 15.1 Å². The molecule has 1 atom stereocenters. The van der Waals surface area contributed by atoms with E-state index in [-0.39, 0.29) is 42.4 Å². The van der Waals surface area contributed by atoms with Gasteiger partial charge in [-0.2, -0.15) is 0 Å². The first-order chi connectivity index (χ1) is 10.9. The summed E-state index contributed by atoms with van der Waals surface area (Å²) >= 11 is 0. The molecule has 6 heteroatoms. The quantitative estimate of drug-likeness (QED) is 0.256. The average Bonchev–Trinajstić information content (AvgIpc) is 2.49. The summed E-state index contributed by atoms with van der Waals surface area (Å²) in [6.45, 7) is 4.27. The van der Waals surface area contributed by atoms with Crippen LogP contribution in [-0.4, -0.2) is 23.0 Å². The van der Waals surface area contributed by atoms with Crippen LogP contribution in [0.2, 0.25) is 0 Å². The SMILES string of the molecule is CCCCCCCCCCCC(O)(CCCCCC)S(=O)(=O)[O-].[Na+]. The standard InChI is InChI=1S/C18H38O4S.Na/c1-3-5-7-9-10-11-12-13-15-17-18(19,23(20,21)22)16-14-8-6-4-2;/h19H,3-17H2,1-2H3,(H,20,21,22);/q;+1/p-1. The molecule has 0 saturated heterocycles. The van der Waals surface area contributed by atoms with E-state index in [1.165, 1.54) is 32.1 Å². The van der Waals surface area contributed by atoms with Crippen LogP contribution in [-0.2, 0) is 10.1 Å². The van der Waals surface area contributed by atoms with Gasteiger partial charge in [-0.15, -0.1) is 0 Å². The summed E-state index contributed by atoms with van der Waals surface area (Å²) < 4.78 is 34.1. The summed E-state index contributed by atoms with van der Waals surface area (Å²) in [4.78, 5) is -2.05. The Bertz CT molecular complexity index is 373. The van der Waals surface area contributed by atoms with Crippen molar-refractivity contribution < 1.29 is 47.6 Å². The van der Waals surface area contributed by atoms with Gasteiger partial charge in [-0.1, -0.05) is 84.5 Å². The molecule has 0 fully saturated rings. The molecule has 24 heavy (non-hydrogen) atoms. The molecule has 1 N–H and O–H groups in total. The molecule has 0 aliphatic heterocycles. The Morgan fingerprint density at radius 1 is 0.708 bits per heavy atom. The number of aliphatic hydroxyl groups is 1. The van der Waals surface area contributed by atoms with E-state index >= 15 is 0 Å². The smallest absolute Gasteiger partial charge is 0.746 e. The third-order valence-corrected chi connectivity index (χ3v) is 5.90. The molecular formula is C18H37NaO4S. The van der Waals surface area contributed by atoms with Gasteiger partial charge < -0.3 is 9.66 Å². The van der Waals surface area contributed by atoms with Gasteiger partial charge in [-0.25, -0.2) is 8.42 Å². The summed E-state index contributed by atoms with van der Waals surface area (Å²) in [5, 5.41) is 10.2. The number of unbranched alkanes of at least 4 members (excludes halogenated alkanes) is 11. The molecule has 0 spiro atoms. The van der Waals surface area contributed by atoms with Crippen LogP contribution < -0.4 is 29.6 Å². The minimum Gasteiger partial charge on any atom is -0.746 e. The zero-order valence-corrected chi connectivity index (χ0v) is 19.0. The van der Waals surface area contributed by atoms with Crippen molar-refractivity contribution in [3.05, 3.63) is 0 Å². The van der Waals surface area contributed by atoms with Gasteiger partial charge in [-0.05, 0) is 25.7 Å². The Hall–Kier alpha value is 0.870. The molecule has 0 bridgehead atoms. The van der Waals surface area contributed by atoms with E-state index in [9.17, 15) is 18.1 Å². The molecule has 0 rings (SSSR count). The first-order valence-electron chi connectivity index (χ1n) is 9.55. The number of hydrogen-bond donors (Lipinski definition) is 1. The van der Waals surface area contributed by atoms with Crippen LogP contribution in [0.4, 0.5) is 0 Å². The van der Waals surface area contributed by atoms with Crippen molar-refractivity contribution in [1.82, 2.24) is 0 Å². The second-order valence-electron chi connectivity index (χ2n) is 6.79. The molecule has 0 aromatic heterocycles. The second kappa shape index (κ2) is 16.1. The van der Waals surface area contributed by atoms with Gasteiger partial charge in [0.05, 0.1) is 0 Å². The van der Waals surface area contributed by atoms with Crippen molar-refractivity contribution in [2.75, 3.05) is 0 Å². The van der Waals surface area contributed by atoms with Crippen LogP contribution in [0.1, 0.15) is 110 Å². The molecule has 140 valence electrons. The van der Waals surface area contributed by atoms with Crippen LogP contribution in [0.3, 0.4) is 0 Å². The van der Waals surface area contributed by atoms with E-state index in [1.54, 1.807) is 0 Å². The third kappa shape index (κ3) is 13.1. The molecule has 0 aliphatic rings. The van der Waals surface area contributed by atoms with Crippen molar-refractivity contribution in [1.29, 1.82) is 0 Å². The third-order valence-electron chi connectivity index (χ3n) is 4.56. The summed E-state index contributed by atoms with van der Waals surface area (Å²) in [5.41, 5.74) is 0. The zero-order chi connectivity index (χ0) is 17.6. The summed E-state index contributed by atoms with van der Waals surface area (Å²) in [6.07, 6.45) is 13.7. The number of rotatable bonds is 16. The van der Waals surface area contributed by atoms with E-state index in [1.807, 2.05) is 0 Å². The van der Waals surface area contributed by atoms with E-state index in [2.05, 4.69) is 13.8 Å². The van der Waals surface area contributed by atoms with E-state index in [0.29, 0.717) is 12.8 Å². The summed E-state index contributed by atoms with van der Waals surface area (Å²) in [7, 11) is -4.65. The largest absolute Gasteiger partial charge is 1.00 e. The maximum absolute atomic E-state index is 11.4. The van der Waals surface area contributed by atoms with Crippen LogP contribution >= 0.6 is 0 Å². The molecule has 0 radical (unpaired) electrons. The van der Waals surface area contributed by atoms with Crippen LogP contribution in [0, 0.1) is 0 Å². The summed E-state index contributed by atoms with van der Waals surface area (Å²) in [5.74, 6) is 0. The van der Waals surface area contributed by atoms with Gasteiger partial charge >= 0.3 is 29.6 Å². The maximum atomic E-state index is 11.4. The monoisotopic (exact) mass is 372 g/mol. The predicted molar refractivity (Wildman–Crippen MR) is 95.3 cm³/mol. The molecule has 4 nitrogen and oxygen atoms in total. The van der Waals surface area contributed by atoms with Gasteiger partial charge in [-0.3, -0.25) is 0 Å². The van der Waals surface area contributed by atoms with Crippen molar-refractivity contribution >= 4 is 10.1 Å². The normalized spacial score (nSPS) is 14.2. The molecule has 0 heterocycles. The van der Waals surface area contributed by atoms with Crippen molar-refractivity contribution in [2.45, 2.75) is 115 Å². The fraction of sp³-hybridized carbons (Fsp3) is 1.00. The molecular weight excluding hydrogens is 335 g/mol. The van der Waals surface area contributed by atoms with Gasteiger partial charge in [0, 0.05) is 0 Å². The van der Waals surface area contributed by atoms with Crippen LogP contribution in [0.15, 0.2) is 0 Å². The van der Waals surface area contributed by atoms with Crippen molar-refractivity contribution in [3.63, 3.8) is 0 Å². The molecule has 0 aliphatic carbocycles. The summed E-state index contributed by atoms with van der Waals surface area (Å²) in [6, 6.07) is 0. The van der Waals surface area contributed by atoms with Crippen LogP contribution in [0.5, 0.6) is 0 Å². The Morgan fingerprint density at radius 3 is 1.33 bits per heavy atom. The first kappa shape index (κ1) is 27.1. The molecule has 1 unspecified atom stereocenters. The second-order valence-corrected chi connectivity index (χ2v) is 8.46. The first-order valence-corrected chi connectivity index (χ1v) is 11.0. The molecule has 0 saturated carbocycles. The van der Waals surface area contributed by atoms with Crippen molar-refractivity contribution in [2.24, 2.45) is 0 Å². The average molecular weight is 373 g/mol. The fourth-order valence-electron chi connectivity index (χ4n) is 2.91. The number of hydrogen-bond acceptors (Lipinski definition) is 4. The predicted octanol–water partition coefficient (Wildman–Crippen LogP) is 2.12. The molecule has 0 amide bonds. The minimum absolute atomic E-state index is 0. The Balaban J connectivity index is 0. The van der Waals surface area contributed by atoms with Crippen LogP contribution in [0.25, 0.3) is 0 Å². The van der Waals surface area contributed by atoms with E-state index in [0.717, 1.165) is 38.5 Å². The van der Waals surface area contributed by atoms with Gasteiger partial charge in [0.15, 0.2) is 4.93 Å². The van der Waals surface area contributed by atoms with Gasteiger partial charge in [0.2, 0.25) is 0 Å².